The van der Waals surface area contributed by atoms with Gasteiger partial charge in [-0.2, -0.15) is 8.42 Å². The van der Waals surface area contributed by atoms with Gasteiger partial charge >= 0.3 is 10.1 Å². The standard InChI is InChI=1S/C25H26FNO5S/c1-4-18(2)27(25(28)23-10-5-6-11-24(23)31-3)17-19-8-7-9-21(16-19)32-33(29,30)22-14-12-20(26)13-15-22/h5-16,18H,4,17H2,1-3H3. The van der Waals surface area contributed by atoms with Gasteiger partial charge in [0.2, 0.25) is 0 Å². The van der Waals surface area contributed by atoms with Crippen molar-refractivity contribution in [2.24, 2.45) is 0 Å². The van der Waals surface area contributed by atoms with E-state index in [1.807, 2.05) is 13.8 Å². The Balaban J connectivity index is 1.85. The number of carbonyl (C=O) groups excluding carboxylic acids is 1. The molecule has 0 bridgehead atoms. The molecule has 3 aromatic rings. The van der Waals surface area contributed by atoms with Crippen LogP contribution in [-0.4, -0.2) is 32.4 Å². The fourth-order valence-electron chi connectivity index (χ4n) is 3.29. The van der Waals surface area contributed by atoms with E-state index >= 15 is 0 Å². The lowest BCUT2D eigenvalue weighted by atomic mass is 10.1. The summed E-state index contributed by atoms with van der Waals surface area (Å²) in [7, 11) is -2.61. The third kappa shape index (κ3) is 5.90. The molecule has 0 fully saturated rings. The van der Waals surface area contributed by atoms with E-state index < -0.39 is 15.9 Å². The second-order valence-electron chi connectivity index (χ2n) is 7.53. The molecule has 6 nitrogen and oxygen atoms in total. The minimum absolute atomic E-state index is 0.0741. The van der Waals surface area contributed by atoms with Gasteiger partial charge in [-0.25, -0.2) is 4.39 Å². The van der Waals surface area contributed by atoms with Crippen molar-refractivity contribution in [1.29, 1.82) is 0 Å². The van der Waals surface area contributed by atoms with Gasteiger partial charge < -0.3 is 13.8 Å². The first-order valence-electron chi connectivity index (χ1n) is 10.5. The highest BCUT2D eigenvalue weighted by Crippen LogP contribution is 2.25. The molecule has 0 saturated heterocycles. The van der Waals surface area contributed by atoms with Crippen LogP contribution in [0.25, 0.3) is 0 Å². The number of halogens is 1. The van der Waals surface area contributed by atoms with Crippen LogP contribution < -0.4 is 8.92 Å². The Hall–Kier alpha value is -3.39. The second kappa shape index (κ2) is 10.5. The third-order valence-electron chi connectivity index (χ3n) is 5.28. The minimum Gasteiger partial charge on any atom is -0.496 e. The van der Waals surface area contributed by atoms with Crippen molar-refractivity contribution in [2.45, 2.75) is 37.8 Å². The van der Waals surface area contributed by atoms with Gasteiger partial charge in [-0.1, -0.05) is 31.2 Å². The van der Waals surface area contributed by atoms with Crippen molar-refractivity contribution < 1.29 is 26.5 Å². The molecular formula is C25H26FNO5S. The van der Waals surface area contributed by atoms with Crippen LogP contribution in [0, 0.1) is 5.82 Å². The fraction of sp³-hybridized carbons (Fsp3) is 0.240. The average molecular weight is 472 g/mol. The largest absolute Gasteiger partial charge is 0.496 e. The van der Waals surface area contributed by atoms with Crippen molar-refractivity contribution >= 4 is 16.0 Å². The van der Waals surface area contributed by atoms with E-state index in [9.17, 15) is 17.6 Å². The molecule has 0 aliphatic rings. The molecule has 3 aromatic carbocycles. The SMILES string of the molecule is CCC(C)N(Cc1cccc(OS(=O)(=O)c2ccc(F)cc2)c1)C(=O)c1ccccc1OC. The highest BCUT2D eigenvalue weighted by atomic mass is 32.2. The van der Waals surface area contributed by atoms with Crippen molar-refractivity contribution in [3.8, 4) is 11.5 Å². The number of methoxy groups -OCH3 is 1. The predicted molar refractivity (Wildman–Crippen MR) is 123 cm³/mol. The zero-order chi connectivity index (χ0) is 24.0. The first-order chi connectivity index (χ1) is 15.7. The first-order valence-corrected chi connectivity index (χ1v) is 11.9. The van der Waals surface area contributed by atoms with E-state index in [1.165, 1.54) is 13.2 Å². The summed E-state index contributed by atoms with van der Waals surface area (Å²) in [5, 5.41) is 0. The number of benzene rings is 3. The predicted octanol–water partition coefficient (Wildman–Crippen LogP) is 5.04. The number of carbonyl (C=O) groups is 1. The van der Waals surface area contributed by atoms with Crippen molar-refractivity contribution in [3.05, 3.63) is 89.7 Å². The molecule has 174 valence electrons. The van der Waals surface area contributed by atoms with E-state index in [0.29, 0.717) is 16.9 Å². The quantitative estimate of drug-likeness (QED) is 0.409. The second-order valence-corrected chi connectivity index (χ2v) is 9.08. The van der Waals surface area contributed by atoms with Crippen LogP contribution in [0.2, 0.25) is 0 Å². The van der Waals surface area contributed by atoms with Gasteiger partial charge in [0, 0.05) is 12.6 Å². The van der Waals surface area contributed by atoms with E-state index in [0.717, 1.165) is 30.7 Å². The highest BCUT2D eigenvalue weighted by Gasteiger charge is 2.24. The molecule has 0 heterocycles. The summed E-state index contributed by atoms with van der Waals surface area (Å²) >= 11 is 0. The van der Waals surface area contributed by atoms with Gasteiger partial charge in [-0.3, -0.25) is 4.79 Å². The van der Waals surface area contributed by atoms with E-state index in [4.69, 9.17) is 8.92 Å². The zero-order valence-electron chi connectivity index (χ0n) is 18.7. The molecule has 0 saturated carbocycles. The zero-order valence-corrected chi connectivity index (χ0v) is 19.5. The Bertz CT molecular complexity index is 1210. The lowest BCUT2D eigenvalue weighted by Gasteiger charge is -2.29. The molecule has 0 radical (unpaired) electrons. The summed E-state index contributed by atoms with van der Waals surface area (Å²) in [5.74, 6) is -0.142. The first kappa shape index (κ1) is 24.3. The molecule has 0 aliphatic heterocycles. The Kier molecular flexibility index (Phi) is 7.71. The number of amides is 1. The van der Waals surface area contributed by atoms with Crippen LogP contribution in [0.15, 0.2) is 77.7 Å². The van der Waals surface area contributed by atoms with Gasteiger partial charge in [-0.15, -0.1) is 0 Å². The third-order valence-corrected chi connectivity index (χ3v) is 6.54. The van der Waals surface area contributed by atoms with E-state index in [1.54, 1.807) is 47.4 Å². The van der Waals surface area contributed by atoms with Crippen LogP contribution in [-0.2, 0) is 16.7 Å². The van der Waals surface area contributed by atoms with Gasteiger partial charge in [-0.05, 0) is 67.4 Å². The number of para-hydroxylation sites is 1. The molecule has 8 heteroatoms. The van der Waals surface area contributed by atoms with Crippen LogP contribution in [0.3, 0.4) is 0 Å². The summed E-state index contributed by atoms with van der Waals surface area (Å²) < 4.78 is 48.8. The van der Waals surface area contributed by atoms with Crippen molar-refractivity contribution in [3.63, 3.8) is 0 Å². The number of hydrogen-bond acceptors (Lipinski definition) is 5. The summed E-state index contributed by atoms with van der Waals surface area (Å²) in [6.45, 7) is 4.19. The average Bonchev–Trinajstić information content (AvgIpc) is 2.81. The smallest absolute Gasteiger partial charge is 0.339 e. The van der Waals surface area contributed by atoms with Gasteiger partial charge in [0.05, 0.1) is 12.7 Å². The molecule has 1 unspecified atom stereocenters. The Morgan fingerprint density at radius 2 is 1.73 bits per heavy atom. The molecule has 1 atom stereocenters. The Labute approximate surface area is 193 Å². The molecule has 0 N–H and O–H groups in total. The maximum Gasteiger partial charge on any atom is 0.339 e. The van der Waals surface area contributed by atoms with Crippen LogP contribution in [0.1, 0.15) is 36.2 Å². The molecule has 0 spiro atoms. The number of nitrogens with zero attached hydrogens (tertiary/aromatic N) is 1. The summed E-state index contributed by atoms with van der Waals surface area (Å²) in [6.07, 6.45) is 0.732. The summed E-state index contributed by atoms with van der Waals surface area (Å²) in [4.78, 5) is 14.9. The normalized spacial score (nSPS) is 12.1. The van der Waals surface area contributed by atoms with Crippen LogP contribution >= 0.6 is 0 Å². The molecule has 3 rings (SSSR count). The maximum atomic E-state index is 13.3. The van der Waals surface area contributed by atoms with Crippen LogP contribution in [0.4, 0.5) is 4.39 Å². The summed E-state index contributed by atoms with van der Waals surface area (Å²) in [5.41, 5.74) is 1.15. The number of rotatable bonds is 9. The molecule has 0 aromatic heterocycles. The molecule has 33 heavy (non-hydrogen) atoms. The van der Waals surface area contributed by atoms with Crippen molar-refractivity contribution in [1.82, 2.24) is 4.90 Å². The monoisotopic (exact) mass is 471 g/mol. The minimum atomic E-state index is -4.13. The Morgan fingerprint density at radius 3 is 2.39 bits per heavy atom. The lowest BCUT2D eigenvalue weighted by Crippen LogP contribution is -2.38. The fourth-order valence-corrected chi connectivity index (χ4v) is 4.22. The number of ether oxygens (including phenoxy) is 1. The molecule has 0 aliphatic carbocycles. The van der Waals surface area contributed by atoms with Crippen LogP contribution in [0.5, 0.6) is 11.5 Å². The van der Waals surface area contributed by atoms with Gasteiger partial charge in [0.1, 0.15) is 22.2 Å². The lowest BCUT2D eigenvalue weighted by molar-refractivity contribution is 0.0668. The Morgan fingerprint density at radius 1 is 1.03 bits per heavy atom. The van der Waals surface area contributed by atoms with Crippen molar-refractivity contribution in [2.75, 3.05) is 7.11 Å². The maximum absolute atomic E-state index is 13.3. The van der Waals surface area contributed by atoms with Gasteiger partial charge in [0.15, 0.2) is 0 Å². The highest BCUT2D eigenvalue weighted by molar-refractivity contribution is 7.87. The van der Waals surface area contributed by atoms with E-state index in [-0.39, 0.29) is 29.1 Å². The molecular weight excluding hydrogens is 445 g/mol. The van der Waals surface area contributed by atoms with Gasteiger partial charge in [0.25, 0.3) is 5.91 Å². The molecule has 1 amide bonds. The van der Waals surface area contributed by atoms with E-state index in [2.05, 4.69) is 0 Å². The topological polar surface area (TPSA) is 72.9 Å². The number of hydrogen-bond donors (Lipinski definition) is 0. The summed E-state index contributed by atoms with van der Waals surface area (Å²) in [6, 6.07) is 17.9.